The van der Waals surface area contributed by atoms with E-state index < -0.39 is 0 Å². The van der Waals surface area contributed by atoms with E-state index in [2.05, 4.69) is 5.32 Å². The van der Waals surface area contributed by atoms with Crippen molar-refractivity contribution in [2.24, 2.45) is 0 Å². The first-order valence-electron chi connectivity index (χ1n) is 7.48. The van der Waals surface area contributed by atoms with Gasteiger partial charge in [-0.1, -0.05) is 18.2 Å². The third kappa shape index (κ3) is 4.45. The average Bonchev–Trinajstić information content (AvgIpc) is 2.57. The lowest BCUT2D eigenvalue weighted by Crippen LogP contribution is -2.26. The van der Waals surface area contributed by atoms with Crippen LogP contribution >= 0.6 is 0 Å². The molecule has 0 saturated heterocycles. The van der Waals surface area contributed by atoms with E-state index in [-0.39, 0.29) is 17.5 Å². The number of carbonyl (C=O) groups excluding carboxylic acids is 1. The molecule has 0 bridgehead atoms. The van der Waals surface area contributed by atoms with Crippen LogP contribution in [0.15, 0.2) is 42.5 Å². The number of amides is 1. The van der Waals surface area contributed by atoms with Gasteiger partial charge in [-0.3, -0.25) is 4.79 Å². The smallest absolute Gasteiger partial charge is 0.255 e. The molecule has 0 fully saturated rings. The molecule has 4 nitrogen and oxygen atoms in total. The van der Waals surface area contributed by atoms with Crippen molar-refractivity contribution in [1.29, 1.82) is 0 Å². The van der Waals surface area contributed by atoms with Crippen LogP contribution in [0, 0.1) is 5.82 Å². The van der Waals surface area contributed by atoms with Crippen molar-refractivity contribution in [3.05, 3.63) is 59.4 Å². The predicted octanol–water partition coefficient (Wildman–Crippen LogP) is 3.21. The second kappa shape index (κ2) is 8.17. The molecule has 23 heavy (non-hydrogen) atoms. The van der Waals surface area contributed by atoms with Crippen LogP contribution in [0.3, 0.4) is 0 Å². The van der Waals surface area contributed by atoms with Gasteiger partial charge in [-0.25, -0.2) is 4.39 Å². The Kier molecular flexibility index (Phi) is 5.97. The Morgan fingerprint density at radius 2 is 1.96 bits per heavy atom. The zero-order valence-electron chi connectivity index (χ0n) is 13.3. The molecule has 1 amide bonds. The van der Waals surface area contributed by atoms with Gasteiger partial charge in [-0.15, -0.1) is 0 Å². The lowest BCUT2D eigenvalue weighted by atomic mass is 10.1. The van der Waals surface area contributed by atoms with Crippen molar-refractivity contribution in [3.63, 3.8) is 0 Å². The van der Waals surface area contributed by atoms with E-state index in [9.17, 15) is 9.18 Å². The summed E-state index contributed by atoms with van der Waals surface area (Å²) in [6.45, 7) is 2.64. The SMILES string of the molecule is CCOc1ccc(CCNC(=O)c2ccccc2OC)cc1F. The zero-order valence-corrected chi connectivity index (χ0v) is 13.3. The summed E-state index contributed by atoms with van der Waals surface area (Å²) in [5.41, 5.74) is 1.28. The quantitative estimate of drug-likeness (QED) is 0.853. The molecule has 122 valence electrons. The Hall–Kier alpha value is -2.56. The Labute approximate surface area is 135 Å². The molecule has 2 rings (SSSR count). The molecule has 0 radical (unpaired) electrons. The fraction of sp³-hybridized carbons (Fsp3) is 0.278. The second-order valence-corrected chi connectivity index (χ2v) is 4.90. The molecule has 1 N–H and O–H groups in total. The number of nitrogens with one attached hydrogen (secondary N) is 1. The summed E-state index contributed by atoms with van der Waals surface area (Å²) in [5, 5.41) is 2.81. The number of rotatable bonds is 7. The number of para-hydroxylation sites is 1. The van der Waals surface area contributed by atoms with Gasteiger partial charge in [0.05, 0.1) is 19.3 Å². The predicted molar refractivity (Wildman–Crippen MR) is 86.6 cm³/mol. The summed E-state index contributed by atoms with van der Waals surface area (Å²) in [6, 6.07) is 11.8. The van der Waals surface area contributed by atoms with Gasteiger partial charge in [0.25, 0.3) is 5.91 Å². The summed E-state index contributed by atoms with van der Waals surface area (Å²) in [4.78, 5) is 12.1. The number of hydrogen-bond acceptors (Lipinski definition) is 3. The fourth-order valence-electron chi connectivity index (χ4n) is 2.22. The van der Waals surface area contributed by atoms with E-state index in [1.807, 2.05) is 0 Å². The highest BCUT2D eigenvalue weighted by Gasteiger charge is 2.11. The molecule has 2 aromatic carbocycles. The Morgan fingerprint density at radius 3 is 2.65 bits per heavy atom. The standard InChI is InChI=1S/C18H20FNO3/c1-3-23-17-9-8-13(12-15(17)19)10-11-20-18(21)14-6-4-5-7-16(14)22-2/h4-9,12H,3,10-11H2,1-2H3,(H,20,21). The van der Waals surface area contributed by atoms with E-state index in [4.69, 9.17) is 9.47 Å². The minimum absolute atomic E-state index is 0.214. The minimum atomic E-state index is -0.389. The molecular weight excluding hydrogens is 297 g/mol. The summed E-state index contributed by atoms with van der Waals surface area (Å²) in [5.74, 6) is 0.167. The highest BCUT2D eigenvalue weighted by molar-refractivity contribution is 5.96. The van der Waals surface area contributed by atoms with Gasteiger partial charge in [0.2, 0.25) is 0 Å². The topological polar surface area (TPSA) is 47.6 Å². The summed E-state index contributed by atoms with van der Waals surface area (Å²) in [6.07, 6.45) is 0.532. The van der Waals surface area contributed by atoms with E-state index in [0.29, 0.717) is 30.9 Å². The van der Waals surface area contributed by atoms with Crippen LogP contribution in [0.5, 0.6) is 11.5 Å². The van der Waals surface area contributed by atoms with E-state index in [1.165, 1.54) is 13.2 Å². The van der Waals surface area contributed by atoms with Gasteiger partial charge in [0.15, 0.2) is 11.6 Å². The molecular formula is C18H20FNO3. The maximum atomic E-state index is 13.8. The largest absolute Gasteiger partial charge is 0.496 e. The Morgan fingerprint density at radius 1 is 1.17 bits per heavy atom. The highest BCUT2D eigenvalue weighted by atomic mass is 19.1. The molecule has 0 atom stereocenters. The molecule has 0 saturated carbocycles. The second-order valence-electron chi connectivity index (χ2n) is 4.90. The summed E-state index contributed by atoms with van der Waals surface area (Å²) >= 11 is 0. The molecule has 0 aliphatic rings. The molecule has 2 aromatic rings. The summed E-state index contributed by atoms with van der Waals surface area (Å²) in [7, 11) is 1.52. The zero-order chi connectivity index (χ0) is 16.7. The lowest BCUT2D eigenvalue weighted by molar-refractivity contribution is 0.0951. The van der Waals surface area contributed by atoms with Gasteiger partial charge < -0.3 is 14.8 Å². The first-order valence-corrected chi connectivity index (χ1v) is 7.48. The lowest BCUT2D eigenvalue weighted by Gasteiger charge is -2.10. The minimum Gasteiger partial charge on any atom is -0.496 e. The molecule has 0 aliphatic heterocycles. The monoisotopic (exact) mass is 317 g/mol. The maximum Gasteiger partial charge on any atom is 0.255 e. The van der Waals surface area contributed by atoms with Gasteiger partial charge in [0, 0.05) is 6.54 Å². The van der Waals surface area contributed by atoms with Crippen molar-refractivity contribution in [3.8, 4) is 11.5 Å². The van der Waals surface area contributed by atoms with Crippen LogP contribution in [0.1, 0.15) is 22.8 Å². The number of halogens is 1. The van der Waals surface area contributed by atoms with Crippen molar-refractivity contribution in [2.75, 3.05) is 20.3 Å². The number of carbonyl (C=O) groups is 1. The Bertz CT molecular complexity index is 673. The highest BCUT2D eigenvalue weighted by Crippen LogP contribution is 2.19. The number of ether oxygens (including phenoxy) is 2. The van der Waals surface area contributed by atoms with Gasteiger partial charge in [-0.2, -0.15) is 0 Å². The number of hydrogen-bond donors (Lipinski definition) is 1. The van der Waals surface area contributed by atoms with E-state index in [1.54, 1.807) is 43.3 Å². The molecule has 0 aromatic heterocycles. The van der Waals surface area contributed by atoms with Crippen molar-refractivity contribution >= 4 is 5.91 Å². The van der Waals surface area contributed by atoms with E-state index in [0.717, 1.165) is 5.56 Å². The van der Waals surface area contributed by atoms with Crippen LogP contribution in [-0.4, -0.2) is 26.2 Å². The van der Waals surface area contributed by atoms with Crippen molar-refractivity contribution in [1.82, 2.24) is 5.32 Å². The third-order valence-electron chi connectivity index (χ3n) is 3.35. The third-order valence-corrected chi connectivity index (χ3v) is 3.35. The molecule has 5 heteroatoms. The van der Waals surface area contributed by atoms with Crippen LogP contribution in [0.4, 0.5) is 4.39 Å². The fourth-order valence-corrected chi connectivity index (χ4v) is 2.22. The maximum absolute atomic E-state index is 13.8. The van der Waals surface area contributed by atoms with E-state index >= 15 is 0 Å². The van der Waals surface area contributed by atoms with Crippen LogP contribution in [0.2, 0.25) is 0 Å². The Balaban J connectivity index is 1.92. The van der Waals surface area contributed by atoms with Gasteiger partial charge in [-0.05, 0) is 43.2 Å². The number of methoxy groups -OCH3 is 1. The average molecular weight is 317 g/mol. The molecule has 0 aliphatic carbocycles. The summed E-state index contributed by atoms with van der Waals surface area (Å²) < 4.78 is 24.1. The van der Waals surface area contributed by atoms with Crippen molar-refractivity contribution in [2.45, 2.75) is 13.3 Å². The van der Waals surface area contributed by atoms with Gasteiger partial charge in [0.1, 0.15) is 5.75 Å². The molecule has 0 spiro atoms. The number of benzene rings is 2. The normalized spacial score (nSPS) is 10.2. The molecule has 0 heterocycles. The first-order chi connectivity index (χ1) is 11.2. The van der Waals surface area contributed by atoms with Crippen LogP contribution in [-0.2, 0) is 6.42 Å². The molecule has 0 unspecified atom stereocenters. The van der Waals surface area contributed by atoms with Crippen LogP contribution in [0.25, 0.3) is 0 Å². The van der Waals surface area contributed by atoms with Crippen LogP contribution < -0.4 is 14.8 Å². The van der Waals surface area contributed by atoms with Crippen molar-refractivity contribution < 1.29 is 18.7 Å². The van der Waals surface area contributed by atoms with Gasteiger partial charge >= 0.3 is 0 Å². The first kappa shape index (κ1) is 16.8.